The van der Waals surface area contributed by atoms with Gasteiger partial charge in [0.15, 0.2) is 11.2 Å². The summed E-state index contributed by atoms with van der Waals surface area (Å²) in [7, 11) is 3.85. The summed E-state index contributed by atoms with van der Waals surface area (Å²) in [5.74, 6) is 1.42. The molecular formula is C40H45N3O6S2. The van der Waals surface area contributed by atoms with Crippen LogP contribution in [0.3, 0.4) is 0 Å². The molecule has 2 aliphatic carbocycles. The molecule has 1 saturated heterocycles. The summed E-state index contributed by atoms with van der Waals surface area (Å²) >= 11 is 0. The van der Waals surface area contributed by atoms with Crippen LogP contribution < -0.4 is 16.1 Å². The Morgan fingerprint density at radius 3 is 2.75 bits per heavy atom. The highest BCUT2D eigenvalue weighted by Gasteiger charge is 2.64. The van der Waals surface area contributed by atoms with E-state index < -0.39 is 28.7 Å². The smallest absolute Gasteiger partial charge is 0.336 e. The van der Waals surface area contributed by atoms with Crippen LogP contribution in [-0.4, -0.2) is 56.0 Å². The minimum atomic E-state index is -1.13. The number of carbonyl (C=O) groups is 2. The van der Waals surface area contributed by atoms with Crippen LogP contribution >= 0.6 is 21.6 Å². The number of hydrogen-bond donors (Lipinski definition) is 1. The molecule has 5 heterocycles. The molecule has 1 aromatic carbocycles. The molecule has 2 fully saturated rings. The Kier molecular flexibility index (Phi) is 8.60. The second-order valence-corrected chi connectivity index (χ2v) is 17.9. The molecule has 1 amide bonds. The Balaban J connectivity index is 1.31. The zero-order valence-electron chi connectivity index (χ0n) is 29.7. The molecule has 5 atom stereocenters. The van der Waals surface area contributed by atoms with Crippen LogP contribution in [0.2, 0.25) is 0 Å². The average Bonchev–Trinajstić information content (AvgIpc) is 3.71. The van der Waals surface area contributed by atoms with Gasteiger partial charge in [0, 0.05) is 59.2 Å². The fourth-order valence-corrected chi connectivity index (χ4v) is 13.1. The Bertz CT molecular complexity index is 2050. The third-order valence-corrected chi connectivity index (χ3v) is 15.6. The zero-order valence-corrected chi connectivity index (χ0v) is 31.3. The minimum absolute atomic E-state index is 0.0151. The fraction of sp³-hybridized carbons (Fsp3) is 0.500. The number of nitrogen functional groups attached to an aromatic ring is 1. The van der Waals surface area contributed by atoms with Crippen LogP contribution in [0.1, 0.15) is 88.8 Å². The number of amides is 1. The number of aromatic nitrogens is 1. The van der Waals surface area contributed by atoms with Gasteiger partial charge in [0.1, 0.15) is 17.2 Å². The van der Waals surface area contributed by atoms with Gasteiger partial charge in [-0.15, -0.1) is 0 Å². The quantitative estimate of drug-likeness (QED) is 0.0966. The molecule has 51 heavy (non-hydrogen) atoms. The SMILES string of the molecule is C/C=C(\C)C(=O)O[C@]1(C)CC=C2CSSC3(CCCC3)[C@H]3[C@H](CC)CN3C(=O)Cc3cnc(N)cc3[C@H]2[C@]12Cc1cc3ccc(=O)oc3cc1O2. The number of anilines is 1. The molecule has 0 bridgehead atoms. The summed E-state index contributed by atoms with van der Waals surface area (Å²) in [6.07, 6.45) is 12.4. The van der Waals surface area contributed by atoms with E-state index in [1.54, 1.807) is 31.3 Å². The third-order valence-electron chi connectivity index (χ3n) is 12.3. The lowest BCUT2D eigenvalue weighted by atomic mass is 9.61. The number of fused-ring (bicyclic) bond motifs is 8. The van der Waals surface area contributed by atoms with Gasteiger partial charge in [0.05, 0.1) is 18.4 Å². The van der Waals surface area contributed by atoms with Crippen LogP contribution in [0.5, 0.6) is 5.75 Å². The molecule has 11 heteroatoms. The van der Waals surface area contributed by atoms with Crippen molar-refractivity contribution in [1.29, 1.82) is 0 Å². The summed E-state index contributed by atoms with van der Waals surface area (Å²) in [4.78, 5) is 47.0. The van der Waals surface area contributed by atoms with Crippen molar-refractivity contribution >= 4 is 50.3 Å². The number of hydrogen-bond acceptors (Lipinski definition) is 10. The summed E-state index contributed by atoms with van der Waals surface area (Å²) in [6.45, 7) is 8.57. The second kappa shape index (κ2) is 12.8. The van der Waals surface area contributed by atoms with Crippen molar-refractivity contribution in [3.63, 3.8) is 0 Å². The molecule has 9 nitrogen and oxygen atoms in total. The number of esters is 1. The number of carbonyl (C=O) groups excluding carboxylic acids is 2. The molecule has 8 rings (SSSR count). The zero-order chi connectivity index (χ0) is 35.7. The van der Waals surface area contributed by atoms with Crippen LogP contribution in [0.25, 0.3) is 11.0 Å². The Morgan fingerprint density at radius 1 is 1.18 bits per heavy atom. The van der Waals surface area contributed by atoms with Crippen LogP contribution in [-0.2, 0) is 27.2 Å². The van der Waals surface area contributed by atoms with E-state index >= 15 is 0 Å². The molecule has 5 aliphatic rings. The number of allylic oxidation sites excluding steroid dienone is 1. The lowest BCUT2D eigenvalue weighted by molar-refractivity contribution is -0.183. The molecule has 3 aliphatic heterocycles. The van der Waals surface area contributed by atoms with Gasteiger partial charge in [-0.2, -0.15) is 0 Å². The van der Waals surface area contributed by atoms with Gasteiger partial charge in [0.25, 0.3) is 0 Å². The molecule has 0 unspecified atom stereocenters. The number of ether oxygens (including phenoxy) is 2. The first kappa shape index (κ1) is 34.4. The first-order valence-electron chi connectivity index (χ1n) is 18.1. The highest BCUT2D eigenvalue weighted by atomic mass is 33.1. The van der Waals surface area contributed by atoms with Crippen molar-refractivity contribution in [3.05, 3.63) is 86.9 Å². The number of nitrogens with zero attached hydrogens (tertiary/aromatic N) is 2. The highest BCUT2D eigenvalue weighted by Crippen LogP contribution is 2.60. The maximum atomic E-state index is 14.4. The fourth-order valence-electron chi connectivity index (χ4n) is 9.41. The Hall–Kier alpha value is -3.70. The van der Waals surface area contributed by atoms with Crippen molar-refractivity contribution in [3.8, 4) is 5.75 Å². The largest absolute Gasteiger partial charge is 0.481 e. The van der Waals surface area contributed by atoms with Crippen molar-refractivity contribution in [2.45, 2.75) is 107 Å². The van der Waals surface area contributed by atoms with Crippen molar-refractivity contribution in [2.24, 2.45) is 5.92 Å². The maximum absolute atomic E-state index is 14.4. The molecule has 268 valence electrons. The van der Waals surface area contributed by atoms with E-state index in [4.69, 9.17) is 19.6 Å². The molecule has 1 saturated carbocycles. The molecule has 3 aromatic rings. The maximum Gasteiger partial charge on any atom is 0.336 e. The highest BCUT2D eigenvalue weighted by molar-refractivity contribution is 8.77. The lowest BCUT2D eigenvalue weighted by Crippen LogP contribution is -2.67. The molecule has 0 radical (unpaired) electrons. The van der Waals surface area contributed by atoms with Crippen molar-refractivity contribution < 1.29 is 23.5 Å². The van der Waals surface area contributed by atoms with Crippen molar-refractivity contribution in [2.75, 3.05) is 18.0 Å². The first-order valence-corrected chi connectivity index (χ1v) is 20.5. The van der Waals surface area contributed by atoms with Gasteiger partial charge in [-0.05, 0) is 80.8 Å². The van der Waals surface area contributed by atoms with E-state index in [0.29, 0.717) is 41.5 Å². The van der Waals surface area contributed by atoms with Crippen LogP contribution in [0.15, 0.2) is 69.0 Å². The van der Waals surface area contributed by atoms with E-state index in [1.807, 2.05) is 47.6 Å². The van der Waals surface area contributed by atoms with Gasteiger partial charge in [-0.25, -0.2) is 14.6 Å². The molecule has 2 spiro atoms. The monoisotopic (exact) mass is 727 g/mol. The number of rotatable bonds is 3. The van der Waals surface area contributed by atoms with Gasteiger partial charge in [0.2, 0.25) is 5.91 Å². The van der Waals surface area contributed by atoms with Crippen molar-refractivity contribution in [1.82, 2.24) is 9.88 Å². The summed E-state index contributed by atoms with van der Waals surface area (Å²) in [5.41, 5.74) is 8.45. The van der Waals surface area contributed by atoms with Gasteiger partial charge < -0.3 is 24.5 Å². The third kappa shape index (κ3) is 5.52. The van der Waals surface area contributed by atoms with Gasteiger partial charge >= 0.3 is 11.6 Å². The predicted molar refractivity (Wildman–Crippen MR) is 202 cm³/mol. The normalized spacial score (nSPS) is 29.9. The number of benzene rings is 1. The van der Waals surface area contributed by atoms with E-state index in [1.165, 1.54) is 18.9 Å². The molecule has 2 N–H and O–H groups in total. The first-order chi connectivity index (χ1) is 24.5. The minimum Gasteiger partial charge on any atom is -0.481 e. The summed E-state index contributed by atoms with van der Waals surface area (Å²) in [5, 5.41) is 0.783. The Morgan fingerprint density at radius 2 is 1.98 bits per heavy atom. The van der Waals surface area contributed by atoms with E-state index in [9.17, 15) is 14.4 Å². The summed E-state index contributed by atoms with van der Waals surface area (Å²) in [6, 6.07) is 9.07. The Labute approximate surface area is 306 Å². The standard InChI is InChI=1S/C40H45N3O6S2/c1-5-23(3)37(46)49-38(4)14-11-26-22-50-51-39(12-7-8-13-39)36-24(6-2)21-43(36)33(44)16-28-20-42-32(41)17-29(28)35(26)40(38)19-27-15-25-9-10-34(45)47-30(25)18-31(27)48-40/h5,9-11,15,17-18,20,24,35-36H,6-8,12-14,16,19,21-22H2,1-4H3,(H2,41,42)/b23-5+/t24-,35+,36-,38-,40-/m1/s1. The lowest BCUT2D eigenvalue weighted by Gasteiger charge is -2.56. The summed E-state index contributed by atoms with van der Waals surface area (Å²) < 4.78 is 19.4. The van der Waals surface area contributed by atoms with Gasteiger partial charge in [-0.3, -0.25) is 4.79 Å². The predicted octanol–water partition coefficient (Wildman–Crippen LogP) is 7.31. The van der Waals surface area contributed by atoms with Gasteiger partial charge in [-0.1, -0.05) is 59.1 Å². The van der Waals surface area contributed by atoms with E-state index in [-0.39, 0.29) is 23.1 Å². The molecule has 2 aromatic heterocycles. The average molecular weight is 728 g/mol. The van der Waals surface area contributed by atoms with E-state index in [0.717, 1.165) is 59.2 Å². The topological polar surface area (TPSA) is 125 Å². The van der Waals surface area contributed by atoms with E-state index in [2.05, 4.69) is 22.9 Å². The number of nitrogens with two attached hydrogens (primary N) is 1. The van der Waals surface area contributed by atoms with Crippen LogP contribution in [0.4, 0.5) is 5.82 Å². The molecular weight excluding hydrogens is 683 g/mol. The van der Waals surface area contributed by atoms with Crippen LogP contribution in [0, 0.1) is 5.92 Å². The second-order valence-electron chi connectivity index (χ2n) is 15.2. The number of pyridine rings is 1.